The molecule has 144 valence electrons. The van der Waals surface area contributed by atoms with Crippen molar-refractivity contribution in [1.29, 1.82) is 0 Å². The Balaban J connectivity index is 1.79. The van der Waals surface area contributed by atoms with Gasteiger partial charge >= 0.3 is 5.97 Å². The fraction of sp³-hybridized carbons (Fsp3) is 0.176. The SMILES string of the molecule is Cc1ccc(Cl)c(OCC(=O)OCC(=O)Nc2ccc(S(N)(=O)=O)cc2)c1. The quantitative estimate of drug-likeness (QED) is 0.668. The van der Waals surface area contributed by atoms with E-state index in [-0.39, 0.29) is 4.90 Å². The molecule has 2 rings (SSSR count). The maximum absolute atomic E-state index is 11.8. The van der Waals surface area contributed by atoms with Crippen LogP contribution < -0.4 is 15.2 Å². The number of hydrogen-bond acceptors (Lipinski definition) is 6. The van der Waals surface area contributed by atoms with Crippen LogP contribution in [0.15, 0.2) is 47.4 Å². The highest BCUT2D eigenvalue weighted by atomic mass is 35.5. The van der Waals surface area contributed by atoms with Crippen LogP contribution in [0.2, 0.25) is 5.02 Å². The van der Waals surface area contributed by atoms with Gasteiger partial charge in [-0.3, -0.25) is 4.79 Å². The topological polar surface area (TPSA) is 125 Å². The third kappa shape index (κ3) is 6.55. The van der Waals surface area contributed by atoms with E-state index in [1.165, 1.54) is 24.3 Å². The molecule has 0 aliphatic carbocycles. The van der Waals surface area contributed by atoms with E-state index in [1.54, 1.807) is 18.2 Å². The molecule has 2 aromatic carbocycles. The third-order valence-corrected chi connectivity index (χ3v) is 4.50. The van der Waals surface area contributed by atoms with E-state index in [1.807, 2.05) is 6.92 Å². The van der Waals surface area contributed by atoms with Crippen LogP contribution in [0.4, 0.5) is 5.69 Å². The largest absolute Gasteiger partial charge is 0.480 e. The Morgan fingerprint density at radius 2 is 1.78 bits per heavy atom. The first-order valence-electron chi connectivity index (χ1n) is 7.62. The number of rotatable bonds is 7. The van der Waals surface area contributed by atoms with Crippen molar-refractivity contribution < 1.29 is 27.5 Å². The van der Waals surface area contributed by atoms with Crippen LogP contribution in [0.25, 0.3) is 0 Å². The van der Waals surface area contributed by atoms with Gasteiger partial charge in [-0.15, -0.1) is 0 Å². The summed E-state index contributed by atoms with van der Waals surface area (Å²) in [5.41, 5.74) is 1.24. The fourth-order valence-electron chi connectivity index (χ4n) is 1.97. The maximum atomic E-state index is 11.8. The van der Waals surface area contributed by atoms with Gasteiger partial charge in [0.15, 0.2) is 13.2 Å². The molecule has 8 nitrogen and oxygen atoms in total. The van der Waals surface area contributed by atoms with Crippen LogP contribution in [0.1, 0.15) is 5.56 Å². The number of nitrogens with one attached hydrogen (secondary N) is 1. The minimum atomic E-state index is -3.81. The molecule has 0 unspecified atom stereocenters. The lowest BCUT2D eigenvalue weighted by Crippen LogP contribution is -2.23. The van der Waals surface area contributed by atoms with Crippen molar-refractivity contribution in [2.45, 2.75) is 11.8 Å². The normalized spacial score (nSPS) is 10.9. The molecular weight excluding hydrogens is 396 g/mol. The molecule has 0 aromatic heterocycles. The van der Waals surface area contributed by atoms with Crippen LogP contribution in [0.5, 0.6) is 5.75 Å². The second kappa shape index (κ2) is 8.85. The van der Waals surface area contributed by atoms with Crippen molar-refractivity contribution in [2.75, 3.05) is 18.5 Å². The van der Waals surface area contributed by atoms with E-state index in [0.29, 0.717) is 16.5 Å². The van der Waals surface area contributed by atoms with Gasteiger partial charge in [0.05, 0.1) is 9.92 Å². The number of esters is 1. The van der Waals surface area contributed by atoms with Gasteiger partial charge in [-0.1, -0.05) is 17.7 Å². The summed E-state index contributed by atoms with van der Waals surface area (Å²) in [4.78, 5) is 23.4. The fourth-order valence-corrected chi connectivity index (χ4v) is 2.66. The second-order valence-corrected chi connectivity index (χ2v) is 7.47. The summed E-state index contributed by atoms with van der Waals surface area (Å²) in [6.45, 7) is 0.918. The molecule has 27 heavy (non-hydrogen) atoms. The zero-order valence-corrected chi connectivity index (χ0v) is 15.8. The number of benzene rings is 2. The van der Waals surface area contributed by atoms with E-state index >= 15 is 0 Å². The first-order chi connectivity index (χ1) is 12.6. The number of anilines is 1. The number of aryl methyl sites for hydroxylation is 1. The number of carbonyl (C=O) groups excluding carboxylic acids is 2. The predicted molar refractivity (Wildman–Crippen MR) is 99.1 cm³/mol. The highest BCUT2D eigenvalue weighted by Crippen LogP contribution is 2.25. The predicted octanol–water partition coefficient (Wildman–Crippen LogP) is 1.86. The highest BCUT2D eigenvalue weighted by Gasteiger charge is 2.11. The second-order valence-electron chi connectivity index (χ2n) is 5.50. The molecule has 0 saturated carbocycles. The number of ether oxygens (including phenoxy) is 2. The summed E-state index contributed by atoms with van der Waals surface area (Å²) < 4.78 is 32.4. The highest BCUT2D eigenvalue weighted by molar-refractivity contribution is 7.89. The van der Waals surface area contributed by atoms with E-state index in [9.17, 15) is 18.0 Å². The van der Waals surface area contributed by atoms with Gasteiger partial charge in [0.25, 0.3) is 5.91 Å². The van der Waals surface area contributed by atoms with Crippen molar-refractivity contribution in [3.63, 3.8) is 0 Å². The lowest BCUT2D eigenvalue weighted by Gasteiger charge is -2.09. The Kier molecular flexibility index (Phi) is 6.78. The van der Waals surface area contributed by atoms with Crippen molar-refractivity contribution in [3.8, 4) is 5.75 Å². The molecule has 0 spiro atoms. The van der Waals surface area contributed by atoms with E-state index in [0.717, 1.165) is 5.56 Å². The standard InChI is InChI=1S/C17H17ClN2O6S/c1-11-2-7-14(18)15(8-11)25-10-17(22)26-9-16(21)20-12-3-5-13(6-4-12)27(19,23)24/h2-8H,9-10H2,1H3,(H,20,21)(H2,19,23,24). The molecule has 10 heteroatoms. The zero-order chi connectivity index (χ0) is 20.0. The minimum absolute atomic E-state index is 0.0844. The Morgan fingerprint density at radius 3 is 2.41 bits per heavy atom. The monoisotopic (exact) mass is 412 g/mol. The van der Waals surface area contributed by atoms with Crippen LogP contribution in [-0.2, 0) is 24.3 Å². The van der Waals surface area contributed by atoms with Crippen molar-refractivity contribution >= 4 is 39.2 Å². The summed E-state index contributed by atoms with van der Waals surface area (Å²) in [5, 5.41) is 7.79. The average Bonchev–Trinajstić information content (AvgIpc) is 2.60. The van der Waals surface area contributed by atoms with E-state index in [4.69, 9.17) is 26.2 Å². The van der Waals surface area contributed by atoms with Crippen molar-refractivity contribution in [3.05, 3.63) is 53.1 Å². The number of sulfonamides is 1. The molecule has 1 amide bonds. The molecule has 0 aliphatic heterocycles. The van der Waals surface area contributed by atoms with Gasteiger partial charge in [0.1, 0.15) is 5.75 Å². The Morgan fingerprint density at radius 1 is 1.11 bits per heavy atom. The molecule has 3 N–H and O–H groups in total. The van der Waals surface area contributed by atoms with Gasteiger partial charge in [-0.2, -0.15) is 0 Å². The van der Waals surface area contributed by atoms with Crippen LogP contribution >= 0.6 is 11.6 Å². The molecular formula is C17H17ClN2O6S. The van der Waals surface area contributed by atoms with Gasteiger partial charge < -0.3 is 14.8 Å². The number of carbonyl (C=O) groups is 2. The van der Waals surface area contributed by atoms with Gasteiger partial charge in [0, 0.05) is 5.69 Å². The molecule has 2 aromatic rings. The Labute approximate surface area is 161 Å². The third-order valence-electron chi connectivity index (χ3n) is 3.26. The van der Waals surface area contributed by atoms with Gasteiger partial charge in [0.2, 0.25) is 10.0 Å². The molecule has 0 atom stereocenters. The lowest BCUT2D eigenvalue weighted by atomic mass is 10.2. The maximum Gasteiger partial charge on any atom is 0.344 e. The number of nitrogens with two attached hydrogens (primary N) is 1. The molecule has 0 aliphatic rings. The van der Waals surface area contributed by atoms with Crippen LogP contribution in [0.3, 0.4) is 0 Å². The first kappa shape index (κ1) is 20.7. The van der Waals surface area contributed by atoms with E-state index < -0.39 is 35.1 Å². The number of halogens is 1. The van der Waals surface area contributed by atoms with Crippen molar-refractivity contribution in [2.24, 2.45) is 5.14 Å². The van der Waals surface area contributed by atoms with Gasteiger partial charge in [-0.25, -0.2) is 18.4 Å². The molecule has 0 radical (unpaired) electrons. The summed E-state index contributed by atoms with van der Waals surface area (Å²) in [5.74, 6) is -0.999. The molecule has 0 bridgehead atoms. The molecule has 0 fully saturated rings. The van der Waals surface area contributed by atoms with Gasteiger partial charge in [-0.05, 0) is 48.9 Å². The van der Waals surface area contributed by atoms with Crippen molar-refractivity contribution in [1.82, 2.24) is 0 Å². The number of primary sulfonamides is 1. The van der Waals surface area contributed by atoms with Crippen LogP contribution in [0, 0.1) is 6.92 Å². The Hall–Kier alpha value is -2.62. The first-order valence-corrected chi connectivity index (χ1v) is 9.55. The summed E-state index contributed by atoms with van der Waals surface area (Å²) in [6, 6.07) is 10.3. The molecule has 0 heterocycles. The summed E-state index contributed by atoms with van der Waals surface area (Å²) in [6.07, 6.45) is 0. The Bertz CT molecular complexity index is 944. The van der Waals surface area contributed by atoms with Crippen LogP contribution in [-0.4, -0.2) is 33.5 Å². The van der Waals surface area contributed by atoms with E-state index in [2.05, 4.69) is 5.32 Å². The minimum Gasteiger partial charge on any atom is -0.480 e. The summed E-state index contributed by atoms with van der Waals surface area (Å²) in [7, 11) is -3.81. The molecule has 0 saturated heterocycles. The average molecular weight is 413 g/mol. The zero-order valence-electron chi connectivity index (χ0n) is 14.3. The lowest BCUT2D eigenvalue weighted by molar-refractivity contribution is -0.149. The smallest absolute Gasteiger partial charge is 0.344 e. The number of amides is 1. The number of hydrogen-bond donors (Lipinski definition) is 2. The summed E-state index contributed by atoms with van der Waals surface area (Å²) >= 11 is 5.95.